The molecule has 156 valence electrons. The van der Waals surface area contributed by atoms with E-state index in [1.165, 1.54) is 36.0 Å². The quantitative estimate of drug-likeness (QED) is 0.650. The average molecular weight is 404 g/mol. The lowest BCUT2D eigenvalue weighted by Crippen LogP contribution is -2.42. The number of hydrogen-bond donors (Lipinski definition) is 2. The Morgan fingerprint density at radius 3 is 2.66 bits per heavy atom. The van der Waals surface area contributed by atoms with E-state index in [0.29, 0.717) is 0 Å². The summed E-state index contributed by atoms with van der Waals surface area (Å²) in [7, 11) is 1.45. The van der Waals surface area contributed by atoms with E-state index in [-0.39, 0.29) is 42.7 Å². The maximum atomic E-state index is 13.8. The molecule has 2 aromatic rings. The Kier molecular flexibility index (Phi) is 7.49. The Bertz CT molecular complexity index is 1010. The van der Waals surface area contributed by atoms with Crippen LogP contribution in [0.5, 0.6) is 0 Å². The molecule has 0 saturated carbocycles. The molecule has 0 bridgehead atoms. The van der Waals surface area contributed by atoms with E-state index in [2.05, 4.69) is 4.98 Å². The van der Waals surface area contributed by atoms with Crippen LogP contribution >= 0.6 is 0 Å². The molecule has 3 N–H and O–H groups in total. The molecule has 0 fully saturated rings. The van der Waals surface area contributed by atoms with E-state index in [9.17, 15) is 18.8 Å². The van der Waals surface area contributed by atoms with E-state index in [0.717, 1.165) is 11.0 Å². The number of halogens is 1. The summed E-state index contributed by atoms with van der Waals surface area (Å²) in [5.41, 5.74) is 4.74. The minimum absolute atomic E-state index is 0.0180. The fourth-order valence-corrected chi connectivity index (χ4v) is 2.76. The number of nitrogen functional groups attached to an aromatic ring is 1. The summed E-state index contributed by atoms with van der Waals surface area (Å²) < 4.78 is 20.0. The standard InChI is InChI=1S/C20H25FN4O4/c1-13(2)12-25-18(22)17(19(27)23-20(25)28)24(10-11-29-3)16(26)9-8-14-6-4-5-7-15(14)21/h4-9,13H,10-12,22H2,1-3H3,(H,23,27,28)/b9-8+. The van der Waals surface area contributed by atoms with Crippen LogP contribution in [0.1, 0.15) is 19.4 Å². The number of hydrogen-bond acceptors (Lipinski definition) is 5. The Hall–Kier alpha value is -3.20. The van der Waals surface area contributed by atoms with Crippen molar-refractivity contribution in [1.82, 2.24) is 9.55 Å². The molecule has 0 aliphatic carbocycles. The molecule has 0 aliphatic heterocycles. The topological polar surface area (TPSA) is 110 Å². The molecule has 2 rings (SSSR count). The Morgan fingerprint density at radius 1 is 1.34 bits per heavy atom. The lowest BCUT2D eigenvalue weighted by Gasteiger charge is -2.23. The lowest BCUT2D eigenvalue weighted by atomic mass is 10.2. The molecule has 0 aliphatic rings. The molecule has 0 spiro atoms. The first-order valence-corrected chi connectivity index (χ1v) is 9.11. The van der Waals surface area contributed by atoms with Gasteiger partial charge >= 0.3 is 5.69 Å². The summed E-state index contributed by atoms with van der Waals surface area (Å²) in [6.45, 7) is 4.20. The molecule has 29 heavy (non-hydrogen) atoms. The summed E-state index contributed by atoms with van der Waals surface area (Å²) in [5, 5.41) is 0. The second-order valence-electron chi connectivity index (χ2n) is 6.84. The summed E-state index contributed by atoms with van der Waals surface area (Å²) in [6, 6.07) is 5.97. The highest BCUT2D eigenvalue weighted by Crippen LogP contribution is 2.18. The fourth-order valence-electron chi connectivity index (χ4n) is 2.76. The molecular weight excluding hydrogens is 379 g/mol. The first-order valence-electron chi connectivity index (χ1n) is 9.11. The van der Waals surface area contributed by atoms with Gasteiger partial charge in [0.05, 0.1) is 6.61 Å². The van der Waals surface area contributed by atoms with Crippen LogP contribution in [0.25, 0.3) is 6.08 Å². The van der Waals surface area contributed by atoms with Gasteiger partial charge in [0.2, 0.25) is 0 Å². The number of nitrogens with zero attached hydrogens (tertiary/aromatic N) is 2. The van der Waals surface area contributed by atoms with Crippen molar-refractivity contribution >= 4 is 23.5 Å². The van der Waals surface area contributed by atoms with Gasteiger partial charge in [0.25, 0.3) is 11.5 Å². The minimum Gasteiger partial charge on any atom is -0.383 e. The Labute approximate surface area is 167 Å². The molecule has 1 heterocycles. The number of aromatic amines is 1. The van der Waals surface area contributed by atoms with Crippen molar-refractivity contribution in [3.8, 4) is 0 Å². The van der Waals surface area contributed by atoms with Crippen LogP contribution in [-0.2, 0) is 16.1 Å². The Morgan fingerprint density at radius 2 is 2.03 bits per heavy atom. The van der Waals surface area contributed by atoms with E-state index in [4.69, 9.17) is 10.5 Å². The number of aromatic nitrogens is 2. The van der Waals surface area contributed by atoms with Crippen molar-refractivity contribution in [2.75, 3.05) is 30.9 Å². The summed E-state index contributed by atoms with van der Waals surface area (Å²) in [6.07, 6.45) is 2.46. The van der Waals surface area contributed by atoms with Crippen molar-refractivity contribution in [3.05, 3.63) is 62.6 Å². The van der Waals surface area contributed by atoms with Gasteiger partial charge in [0, 0.05) is 31.8 Å². The van der Waals surface area contributed by atoms with Gasteiger partial charge in [-0.1, -0.05) is 32.0 Å². The predicted molar refractivity (Wildman–Crippen MR) is 110 cm³/mol. The van der Waals surface area contributed by atoms with Crippen LogP contribution in [0.3, 0.4) is 0 Å². The van der Waals surface area contributed by atoms with Crippen molar-refractivity contribution < 1.29 is 13.9 Å². The first kappa shape index (κ1) is 22.1. The first-order chi connectivity index (χ1) is 13.8. The average Bonchev–Trinajstić information content (AvgIpc) is 2.66. The van der Waals surface area contributed by atoms with Crippen molar-refractivity contribution in [2.24, 2.45) is 5.92 Å². The second-order valence-corrected chi connectivity index (χ2v) is 6.84. The minimum atomic E-state index is -0.781. The number of rotatable bonds is 8. The summed E-state index contributed by atoms with van der Waals surface area (Å²) in [4.78, 5) is 40.8. The van der Waals surface area contributed by atoms with E-state index in [1.54, 1.807) is 6.07 Å². The molecule has 9 heteroatoms. The SMILES string of the molecule is COCCN(C(=O)/C=C/c1ccccc1F)c1c(N)n(CC(C)C)c(=O)[nH]c1=O. The zero-order chi connectivity index (χ0) is 21.6. The van der Waals surface area contributed by atoms with Gasteiger partial charge in [0.15, 0.2) is 5.69 Å². The van der Waals surface area contributed by atoms with E-state index in [1.807, 2.05) is 13.8 Å². The number of anilines is 2. The molecule has 8 nitrogen and oxygen atoms in total. The largest absolute Gasteiger partial charge is 0.383 e. The number of amides is 1. The van der Waals surface area contributed by atoms with Crippen molar-refractivity contribution in [1.29, 1.82) is 0 Å². The molecule has 0 radical (unpaired) electrons. The molecule has 0 unspecified atom stereocenters. The van der Waals surface area contributed by atoms with Gasteiger partial charge in [-0.25, -0.2) is 9.18 Å². The summed E-state index contributed by atoms with van der Waals surface area (Å²) >= 11 is 0. The van der Waals surface area contributed by atoms with Gasteiger partial charge in [-0.15, -0.1) is 0 Å². The smallest absolute Gasteiger partial charge is 0.330 e. The number of benzene rings is 1. The molecule has 0 saturated heterocycles. The fraction of sp³-hybridized carbons (Fsp3) is 0.350. The molecular formula is C20H25FN4O4. The van der Waals surface area contributed by atoms with Gasteiger partial charge < -0.3 is 10.5 Å². The third-order valence-electron chi connectivity index (χ3n) is 4.13. The number of methoxy groups -OCH3 is 1. The second kappa shape index (κ2) is 9.83. The normalized spacial score (nSPS) is 11.3. The zero-order valence-corrected chi connectivity index (χ0v) is 16.6. The number of H-pyrrole nitrogens is 1. The van der Waals surface area contributed by atoms with Crippen LogP contribution in [0.2, 0.25) is 0 Å². The van der Waals surface area contributed by atoms with Gasteiger partial charge in [0.1, 0.15) is 11.6 Å². The van der Waals surface area contributed by atoms with E-state index < -0.39 is 23.0 Å². The third-order valence-corrected chi connectivity index (χ3v) is 4.13. The number of nitrogens with two attached hydrogens (primary N) is 1. The lowest BCUT2D eigenvalue weighted by molar-refractivity contribution is -0.114. The van der Waals surface area contributed by atoms with Crippen LogP contribution < -0.4 is 21.9 Å². The van der Waals surface area contributed by atoms with Crippen LogP contribution in [0.15, 0.2) is 39.9 Å². The molecule has 1 amide bonds. The molecule has 0 atom stereocenters. The highest BCUT2D eigenvalue weighted by Gasteiger charge is 2.23. The highest BCUT2D eigenvalue weighted by molar-refractivity contribution is 6.05. The monoisotopic (exact) mass is 404 g/mol. The highest BCUT2D eigenvalue weighted by atomic mass is 19.1. The van der Waals surface area contributed by atoms with Gasteiger partial charge in [-0.05, 0) is 18.1 Å². The van der Waals surface area contributed by atoms with Gasteiger partial charge in [-0.3, -0.25) is 24.0 Å². The van der Waals surface area contributed by atoms with Crippen LogP contribution in [0.4, 0.5) is 15.9 Å². The predicted octanol–water partition coefficient (Wildman–Crippen LogP) is 1.61. The summed E-state index contributed by atoms with van der Waals surface area (Å²) in [5.74, 6) is -1.12. The number of carbonyl (C=O) groups excluding carboxylic acids is 1. The van der Waals surface area contributed by atoms with Crippen molar-refractivity contribution in [3.63, 3.8) is 0 Å². The van der Waals surface area contributed by atoms with Gasteiger partial charge in [-0.2, -0.15) is 0 Å². The Balaban J connectivity index is 2.49. The molecule has 1 aromatic carbocycles. The number of carbonyl (C=O) groups is 1. The molecule has 1 aromatic heterocycles. The number of ether oxygens (including phenoxy) is 1. The number of nitrogens with one attached hydrogen (secondary N) is 1. The van der Waals surface area contributed by atoms with Crippen molar-refractivity contribution in [2.45, 2.75) is 20.4 Å². The maximum Gasteiger partial charge on any atom is 0.330 e. The zero-order valence-electron chi connectivity index (χ0n) is 16.6. The van der Waals surface area contributed by atoms with Crippen LogP contribution in [-0.4, -0.2) is 35.7 Å². The maximum absolute atomic E-state index is 13.8. The van der Waals surface area contributed by atoms with Crippen LogP contribution in [0, 0.1) is 11.7 Å². The van der Waals surface area contributed by atoms with E-state index >= 15 is 0 Å². The third kappa shape index (κ3) is 5.41.